The fourth-order valence-corrected chi connectivity index (χ4v) is 5.17. The van der Waals surface area contributed by atoms with Crippen LogP contribution in [0.25, 0.3) is 16.7 Å². The van der Waals surface area contributed by atoms with E-state index in [0.29, 0.717) is 49.2 Å². The van der Waals surface area contributed by atoms with Gasteiger partial charge in [0.25, 0.3) is 5.91 Å². The van der Waals surface area contributed by atoms with Gasteiger partial charge in [0.2, 0.25) is 6.79 Å². The Bertz CT molecular complexity index is 1540. The molecule has 3 aliphatic rings. The lowest BCUT2D eigenvalue weighted by Gasteiger charge is -2.36. The number of nitrogens with zero attached hydrogens (tertiary/aromatic N) is 6. The average molecular weight is 513 g/mol. The van der Waals surface area contributed by atoms with Crippen LogP contribution in [0.1, 0.15) is 40.6 Å². The summed E-state index contributed by atoms with van der Waals surface area (Å²) in [5.41, 5.74) is 3.24. The zero-order valence-corrected chi connectivity index (χ0v) is 21.4. The van der Waals surface area contributed by atoms with E-state index < -0.39 is 0 Å². The van der Waals surface area contributed by atoms with E-state index in [4.69, 9.17) is 29.3 Å². The van der Waals surface area contributed by atoms with Gasteiger partial charge in [0, 0.05) is 37.7 Å². The molecule has 194 valence electrons. The van der Waals surface area contributed by atoms with Crippen LogP contribution >= 0.6 is 0 Å². The van der Waals surface area contributed by atoms with Gasteiger partial charge < -0.3 is 24.0 Å². The Hall–Kier alpha value is -4.34. The quantitative estimate of drug-likeness (QED) is 0.400. The Morgan fingerprint density at radius 1 is 0.974 bits per heavy atom. The monoisotopic (exact) mass is 512 g/mol. The molecule has 1 saturated heterocycles. The number of methoxy groups -OCH3 is 1. The second kappa shape index (κ2) is 8.90. The van der Waals surface area contributed by atoms with E-state index in [1.54, 1.807) is 25.3 Å². The van der Waals surface area contributed by atoms with Gasteiger partial charge in [-0.3, -0.25) is 4.79 Å². The van der Waals surface area contributed by atoms with E-state index >= 15 is 0 Å². The number of rotatable bonds is 5. The highest BCUT2D eigenvalue weighted by molar-refractivity contribution is 5.95. The second-order valence-corrected chi connectivity index (χ2v) is 9.92. The molecular formula is C28H28N6O4. The lowest BCUT2D eigenvalue weighted by molar-refractivity contribution is 0.0746. The number of carbonyl (C=O) groups is 1. The summed E-state index contributed by atoms with van der Waals surface area (Å²) in [4.78, 5) is 27.4. The van der Waals surface area contributed by atoms with Crippen LogP contribution in [0.5, 0.6) is 17.2 Å². The number of benzene rings is 2. The Balaban J connectivity index is 1.18. The van der Waals surface area contributed by atoms with Gasteiger partial charge >= 0.3 is 0 Å². The van der Waals surface area contributed by atoms with Crippen LogP contribution in [-0.2, 0) is 0 Å². The van der Waals surface area contributed by atoms with E-state index in [2.05, 4.69) is 4.90 Å². The first-order chi connectivity index (χ1) is 18.6. The molecule has 1 aliphatic carbocycles. The summed E-state index contributed by atoms with van der Waals surface area (Å²) in [6, 6.07) is 13.2. The lowest BCUT2D eigenvalue weighted by Crippen LogP contribution is -2.49. The Kier molecular flexibility index (Phi) is 5.34. The van der Waals surface area contributed by atoms with Gasteiger partial charge in [-0.15, -0.1) is 0 Å². The number of carbonyl (C=O) groups excluding carboxylic acids is 1. The molecule has 10 nitrogen and oxygen atoms in total. The van der Waals surface area contributed by atoms with Crippen molar-refractivity contribution >= 4 is 22.8 Å². The second-order valence-electron chi connectivity index (χ2n) is 9.92. The molecule has 0 radical (unpaired) electrons. The first-order valence-electron chi connectivity index (χ1n) is 12.9. The van der Waals surface area contributed by atoms with Crippen LogP contribution in [-0.4, -0.2) is 70.6 Å². The normalized spacial score (nSPS) is 16.8. The highest BCUT2D eigenvalue weighted by atomic mass is 16.7. The summed E-state index contributed by atoms with van der Waals surface area (Å²) in [7, 11) is 1.66. The van der Waals surface area contributed by atoms with Crippen LogP contribution < -0.4 is 19.1 Å². The summed E-state index contributed by atoms with van der Waals surface area (Å²) >= 11 is 0. The summed E-state index contributed by atoms with van der Waals surface area (Å²) in [5.74, 6) is 4.27. The van der Waals surface area contributed by atoms with Crippen LogP contribution in [0.3, 0.4) is 0 Å². The highest BCUT2D eigenvalue weighted by Crippen LogP contribution is 2.41. The van der Waals surface area contributed by atoms with Crippen LogP contribution in [0.15, 0.2) is 42.5 Å². The maximum absolute atomic E-state index is 13.2. The van der Waals surface area contributed by atoms with Crippen molar-refractivity contribution in [1.82, 2.24) is 24.6 Å². The number of anilines is 1. The van der Waals surface area contributed by atoms with Gasteiger partial charge in [0.15, 0.2) is 17.1 Å². The third-order valence-corrected chi connectivity index (χ3v) is 7.45. The molecule has 10 heteroatoms. The number of piperazine rings is 1. The van der Waals surface area contributed by atoms with Crippen LogP contribution in [0, 0.1) is 6.92 Å². The zero-order chi connectivity index (χ0) is 25.8. The number of fused-ring (bicyclic) bond motifs is 2. The number of amides is 1. The van der Waals surface area contributed by atoms with Gasteiger partial charge in [-0.2, -0.15) is 5.10 Å². The summed E-state index contributed by atoms with van der Waals surface area (Å²) in [5, 5.41) is 5.82. The lowest BCUT2D eigenvalue weighted by atomic mass is 10.1. The van der Waals surface area contributed by atoms with Gasteiger partial charge in [0.1, 0.15) is 17.4 Å². The fraction of sp³-hybridized carbons (Fsp3) is 0.357. The molecule has 7 rings (SSSR count). The summed E-state index contributed by atoms with van der Waals surface area (Å²) in [6.45, 7) is 4.76. The minimum atomic E-state index is -0.00189. The molecule has 1 amide bonds. The predicted molar refractivity (Wildman–Crippen MR) is 141 cm³/mol. The maximum Gasteiger partial charge on any atom is 0.254 e. The minimum absolute atomic E-state index is 0.00189. The Morgan fingerprint density at radius 2 is 1.74 bits per heavy atom. The van der Waals surface area contributed by atoms with E-state index in [0.717, 1.165) is 52.6 Å². The smallest absolute Gasteiger partial charge is 0.254 e. The number of hydrogen-bond acceptors (Lipinski definition) is 8. The standard InChI is InChI=1S/C28H28N6O4/c1-17-24-26(32-11-13-33(14-12-32)28(35)19-5-10-22-23(15-19)38-16-37-22)29-25(18-3-4-18)30-27(24)34(31-17)20-6-8-21(36-2)9-7-20/h5-10,15,18H,3-4,11-14,16H2,1-2H3. The van der Waals surface area contributed by atoms with Gasteiger partial charge in [0.05, 0.1) is 23.9 Å². The van der Waals surface area contributed by atoms with Crippen molar-refractivity contribution in [2.24, 2.45) is 0 Å². The molecule has 2 aromatic carbocycles. The molecule has 0 spiro atoms. The molecule has 4 aromatic rings. The van der Waals surface area contributed by atoms with Crippen molar-refractivity contribution in [2.75, 3.05) is 45.0 Å². The van der Waals surface area contributed by atoms with E-state index in [9.17, 15) is 4.79 Å². The van der Waals surface area contributed by atoms with Crippen molar-refractivity contribution in [3.63, 3.8) is 0 Å². The number of ether oxygens (including phenoxy) is 3. The first kappa shape index (κ1) is 22.8. The SMILES string of the molecule is COc1ccc(-n2nc(C)c3c(N4CCN(C(=O)c5ccc6c(c5)OCO6)CC4)nc(C4CC4)nc32)cc1. The zero-order valence-electron chi connectivity index (χ0n) is 21.4. The Morgan fingerprint density at radius 3 is 2.47 bits per heavy atom. The summed E-state index contributed by atoms with van der Waals surface area (Å²) in [6.07, 6.45) is 2.22. The van der Waals surface area contributed by atoms with Crippen molar-refractivity contribution < 1.29 is 19.0 Å². The molecule has 1 saturated carbocycles. The number of hydrogen-bond donors (Lipinski definition) is 0. The fourth-order valence-electron chi connectivity index (χ4n) is 5.17. The number of aryl methyl sites for hydroxylation is 1. The molecule has 0 bridgehead atoms. The van der Waals surface area contributed by atoms with Crippen molar-refractivity contribution in [3.05, 3.63) is 59.5 Å². The molecule has 0 N–H and O–H groups in total. The van der Waals surface area contributed by atoms with Gasteiger partial charge in [-0.05, 0) is 62.2 Å². The highest BCUT2D eigenvalue weighted by Gasteiger charge is 2.32. The third kappa shape index (κ3) is 3.87. The molecular weight excluding hydrogens is 484 g/mol. The molecule has 0 unspecified atom stereocenters. The summed E-state index contributed by atoms with van der Waals surface area (Å²) < 4.78 is 18.1. The molecule has 38 heavy (non-hydrogen) atoms. The largest absolute Gasteiger partial charge is 0.497 e. The average Bonchev–Trinajstić information content (AvgIpc) is 3.62. The van der Waals surface area contributed by atoms with E-state index in [-0.39, 0.29) is 12.7 Å². The molecule has 4 heterocycles. The van der Waals surface area contributed by atoms with Crippen LogP contribution in [0.4, 0.5) is 5.82 Å². The predicted octanol–water partition coefficient (Wildman–Crippen LogP) is 3.70. The molecule has 2 fully saturated rings. The first-order valence-corrected chi connectivity index (χ1v) is 12.9. The molecule has 2 aromatic heterocycles. The van der Waals surface area contributed by atoms with Crippen molar-refractivity contribution in [2.45, 2.75) is 25.7 Å². The maximum atomic E-state index is 13.2. The number of aromatic nitrogens is 4. The van der Waals surface area contributed by atoms with Gasteiger partial charge in [-0.1, -0.05) is 0 Å². The van der Waals surface area contributed by atoms with E-state index in [1.807, 2.05) is 40.8 Å². The van der Waals surface area contributed by atoms with Crippen molar-refractivity contribution in [3.8, 4) is 22.9 Å². The van der Waals surface area contributed by atoms with Gasteiger partial charge in [-0.25, -0.2) is 14.6 Å². The minimum Gasteiger partial charge on any atom is -0.497 e. The van der Waals surface area contributed by atoms with Crippen molar-refractivity contribution in [1.29, 1.82) is 0 Å². The van der Waals surface area contributed by atoms with E-state index in [1.165, 1.54) is 0 Å². The molecule has 0 atom stereocenters. The third-order valence-electron chi connectivity index (χ3n) is 7.45. The topological polar surface area (TPSA) is 94.8 Å². The Labute approximate surface area is 219 Å². The van der Waals surface area contributed by atoms with Crippen LogP contribution in [0.2, 0.25) is 0 Å². The molecule has 2 aliphatic heterocycles.